The van der Waals surface area contributed by atoms with Crippen molar-refractivity contribution in [1.29, 1.82) is 0 Å². The number of imidazole rings is 1. The molecule has 1 amide bonds. The van der Waals surface area contributed by atoms with Crippen LogP contribution in [-0.4, -0.2) is 49.0 Å². The lowest BCUT2D eigenvalue weighted by atomic mass is 10.2. The molecule has 2 aromatic heterocycles. The van der Waals surface area contributed by atoms with E-state index in [4.69, 9.17) is 9.84 Å². The van der Waals surface area contributed by atoms with Gasteiger partial charge in [0.15, 0.2) is 11.2 Å². The Hall–Kier alpha value is -2.30. The Labute approximate surface area is 131 Å². The molecule has 1 unspecified atom stereocenters. The Morgan fingerprint density at radius 1 is 1.52 bits per heavy atom. The van der Waals surface area contributed by atoms with E-state index in [0.29, 0.717) is 0 Å². The quantitative estimate of drug-likeness (QED) is 0.399. The SMILES string of the molecule is CC(C)C(=O)Nc1nc2c(ncn2C(O)CCOCO)c(=O)[nH]1. The molecule has 4 N–H and O–H groups in total. The van der Waals surface area contributed by atoms with Gasteiger partial charge in [-0.2, -0.15) is 4.98 Å². The lowest BCUT2D eigenvalue weighted by Crippen LogP contribution is -2.22. The number of aliphatic hydroxyl groups is 2. The molecule has 1 atom stereocenters. The smallest absolute Gasteiger partial charge is 0.280 e. The monoisotopic (exact) mass is 325 g/mol. The van der Waals surface area contributed by atoms with E-state index in [0.717, 1.165) is 0 Å². The van der Waals surface area contributed by atoms with Crippen molar-refractivity contribution in [2.75, 3.05) is 18.7 Å². The number of fused-ring (bicyclic) bond motifs is 1. The fourth-order valence-electron chi connectivity index (χ4n) is 1.86. The summed E-state index contributed by atoms with van der Waals surface area (Å²) in [5.74, 6) is -0.584. The van der Waals surface area contributed by atoms with Crippen LogP contribution in [0.5, 0.6) is 0 Å². The van der Waals surface area contributed by atoms with Crippen molar-refractivity contribution < 1.29 is 19.7 Å². The highest BCUT2D eigenvalue weighted by atomic mass is 16.6. The number of carbonyl (C=O) groups excluding carboxylic acids is 1. The number of H-pyrrole nitrogens is 1. The number of hydrogen-bond donors (Lipinski definition) is 4. The van der Waals surface area contributed by atoms with Crippen LogP contribution in [0.3, 0.4) is 0 Å². The van der Waals surface area contributed by atoms with Crippen molar-refractivity contribution in [3.63, 3.8) is 0 Å². The number of amides is 1. The van der Waals surface area contributed by atoms with Gasteiger partial charge < -0.3 is 14.9 Å². The summed E-state index contributed by atoms with van der Waals surface area (Å²) in [7, 11) is 0. The first-order valence-electron chi connectivity index (χ1n) is 7.08. The molecule has 0 aliphatic heterocycles. The number of rotatable bonds is 7. The lowest BCUT2D eigenvalue weighted by molar-refractivity contribution is -0.118. The van der Waals surface area contributed by atoms with Gasteiger partial charge in [-0.05, 0) is 0 Å². The topological polar surface area (TPSA) is 142 Å². The first-order chi connectivity index (χ1) is 10.9. The molecule has 2 aromatic rings. The number of nitrogens with one attached hydrogen (secondary N) is 2. The highest BCUT2D eigenvalue weighted by Gasteiger charge is 2.17. The molecule has 10 nitrogen and oxygen atoms in total. The number of aliphatic hydroxyl groups excluding tert-OH is 2. The van der Waals surface area contributed by atoms with Crippen LogP contribution in [0.15, 0.2) is 11.1 Å². The molecule has 0 fully saturated rings. The molecule has 2 heterocycles. The molecular weight excluding hydrogens is 306 g/mol. The highest BCUT2D eigenvalue weighted by Crippen LogP contribution is 2.15. The van der Waals surface area contributed by atoms with E-state index in [1.807, 2.05) is 0 Å². The van der Waals surface area contributed by atoms with E-state index in [1.54, 1.807) is 13.8 Å². The number of carbonyl (C=O) groups is 1. The number of ether oxygens (including phenoxy) is 1. The maximum atomic E-state index is 12.0. The molecule has 126 valence electrons. The maximum Gasteiger partial charge on any atom is 0.280 e. The molecule has 0 saturated carbocycles. The second kappa shape index (κ2) is 7.31. The van der Waals surface area contributed by atoms with Crippen molar-refractivity contribution >= 4 is 23.0 Å². The van der Waals surface area contributed by atoms with Gasteiger partial charge in [0.05, 0.1) is 12.9 Å². The third-order valence-electron chi connectivity index (χ3n) is 3.13. The summed E-state index contributed by atoms with van der Waals surface area (Å²) in [6.07, 6.45) is 0.424. The summed E-state index contributed by atoms with van der Waals surface area (Å²) in [5.41, 5.74) is -0.328. The van der Waals surface area contributed by atoms with Gasteiger partial charge in [0.25, 0.3) is 5.56 Å². The number of aromatic nitrogens is 4. The summed E-state index contributed by atoms with van der Waals surface area (Å²) in [6.45, 7) is 3.10. The van der Waals surface area contributed by atoms with E-state index in [-0.39, 0.29) is 42.0 Å². The summed E-state index contributed by atoms with van der Waals surface area (Å²) in [6, 6.07) is 0. The van der Waals surface area contributed by atoms with Crippen LogP contribution in [0.2, 0.25) is 0 Å². The zero-order valence-corrected chi connectivity index (χ0v) is 12.8. The van der Waals surface area contributed by atoms with Gasteiger partial charge in [-0.25, -0.2) is 4.98 Å². The van der Waals surface area contributed by atoms with Gasteiger partial charge in [-0.3, -0.25) is 24.5 Å². The van der Waals surface area contributed by atoms with Crippen LogP contribution in [0.1, 0.15) is 26.5 Å². The minimum atomic E-state index is -1.03. The third-order valence-corrected chi connectivity index (χ3v) is 3.13. The predicted molar refractivity (Wildman–Crippen MR) is 80.5 cm³/mol. The third kappa shape index (κ3) is 3.92. The van der Waals surface area contributed by atoms with E-state index in [2.05, 4.69) is 20.3 Å². The van der Waals surface area contributed by atoms with E-state index < -0.39 is 18.6 Å². The van der Waals surface area contributed by atoms with Crippen molar-refractivity contribution in [2.24, 2.45) is 5.92 Å². The summed E-state index contributed by atoms with van der Waals surface area (Å²) < 4.78 is 6.06. The summed E-state index contributed by atoms with van der Waals surface area (Å²) in [5, 5.41) is 21.2. The Balaban J connectivity index is 2.31. The molecule has 2 rings (SSSR count). The summed E-state index contributed by atoms with van der Waals surface area (Å²) in [4.78, 5) is 34.2. The predicted octanol–water partition coefficient (Wildman–Crippen LogP) is -0.438. The minimum absolute atomic E-state index is 0.0123. The van der Waals surface area contributed by atoms with Crippen molar-refractivity contribution in [3.05, 3.63) is 16.7 Å². The van der Waals surface area contributed by atoms with Gasteiger partial charge in [0.1, 0.15) is 13.0 Å². The van der Waals surface area contributed by atoms with Crippen LogP contribution >= 0.6 is 0 Å². The molecule has 0 aliphatic rings. The fraction of sp³-hybridized carbons (Fsp3) is 0.538. The van der Waals surface area contributed by atoms with Gasteiger partial charge in [0.2, 0.25) is 11.9 Å². The highest BCUT2D eigenvalue weighted by molar-refractivity contribution is 5.91. The Bertz CT molecular complexity index is 738. The zero-order chi connectivity index (χ0) is 17.0. The molecule has 0 aliphatic carbocycles. The Morgan fingerprint density at radius 3 is 2.91 bits per heavy atom. The van der Waals surface area contributed by atoms with Crippen molar-refractivity contribution in [3.8, 4) is 0 Å². The van der Waals surface area contributed by atoms with Gasteiger partial charge in [0, 0.05) is 12.3 Å². The Kier molecular flexibility index (Phi) is 5.42. The van der Waals surface area contributed by atoms with Gasteiger partial charge >= 0.3 is 0 Å². The second-order valence-electron chi connectivity index (χ2n) is 5.19. The largest absolute Gasteiger partial charge is 0.373 e. The Morgan fingerprint density at radius 2 is 2.26 bits per heavy atom. The first kappa shape index (κ1) is 17.1. The van der Waals surface area contributed by atoms with Gasteiger partial charge in [-0.15, -0.1) is 0 Å². The number of nitrogens with zero attached hydrogens (tertiary/aromatic N) is 3. The van der Waals surface area contributed by atoms with E-state index in [1.165, 1.54) is 10.9 Å². The fourth-order valence-corrected chi connectivity index (χ4v) is 1.86. The molecule has 0 bridgehead atoms. The zero-order valence-electron chi connectivity index (χ0n) is 12.8. The maximum absolute atomic E-state index is 12.0. The second-order valence-corrected chi connectivity index (χ2v) is 5.19. The average Bonchev–Trinajstić information content (AvgIpc) is 2.91. The molecular formula is C13H19N5O5. The minimum Gasteiger partial charge on any atom is -0.373 e. The van der Waals surface area contributed by atoms with E-state index in [9.17, 15) is 14.7 Å². The average molecular weight is 325 g/mol. The van der Waals surface area contributed by atoms with Crippen LogP contribution in [0, 0.1) is 5.92 Å². The first-order valence-corrected chi connectivity index (χ1v) is 7.08. The molecule has 0 saturated heterocycles. The van der Waals surface area contributed by atoms with Crippen LogP contribution < -0.4 is 10.9 Å². The standard InChI is InChI=1S/C13H19N5O5/c1-7(2)11(21)16-13-15-10-9(12(22)17-13)14-5-18(10)8(20)3-4-23-6-19/h5,7-8,19-20H,3-4,6H2,1-2H3,(H2,15,16,17,21,22). The number of hydrogen-bond acceptors (Lipinski definition) is 7. The van der Waals surface area contributed by atoms with Crippen LogP contribution in [-0.2, 0) is 9.53 Å². The summed E-state index contributed by atoms with van der Waals surface area (Å²) >= 11 is 0. The molecule has 0 radical (unpaired) electrons. The number of anilines is 1. The van der Waals surface area contributed by atoms with E-state index >= 15 is 0 Å². The van der Waals surface area contributed by atoms with Gasteiger partial charge in [-0.1, -0.05) is 13.8 Å². The van der Waals surface area contributed by atoms with Crippen LogP contribution in [0.25, 0.3) is 11.2 Å². The molecule has 0 spiro atoms. The molecule has 23 heavy (non-hydrogen) atoms. The molecule has 10 heteroatoms. The van der Waals surface area contributed by atoms with Crippen LogP contribution in [0.4, 0.5) is 5.95 Å². The number of aromatic amines is 1. The van der Waals surface area contributed by atoms with Crippen molar-refractivity contribution in [2.45, 2.75) is 26.5 Å². The molecule has 0 aromatic carbocycles. The lowest BCUT2D eigenvalue weighted by Gasteiger charge is -2.13. The normalized spacial score (nSPS) is 12.7. The van der Waals surface area contributed by atoms with Crippen molar-refractivity contribution in [1.82, 2.24) is 19.5 Å².